The number of benzene rings is 3. The van der Waals surface area contributed by atoms with Gasteiger partial charge in [-0.1, -0.05) is 97.9 Å². The van der Waals surface area contributed by atoms with Crippen LogP contribution in [0.25, 0.3) is 0 Å². The first-order chi connectivity index (χ1) is 10.3. The van der Waals surface area contributed by atoms with Crippen molar-refractivity contribution in [2.75, 3.05) is 0 Å². The fourth-order valence-electron chi connectivity index (χ4n) is 2.99. The molecule has 0 heterocycles. The molecular weight excluding hydrogens is 252 g/mol. The molecule has 0 radical (unpaired) electrons. The Hall–Kier alpha value is -2.34. The first-order valence-corrected chi connectivity index (χ1v) is 7.44. The highest BCUT2D eigenvalue weighted by Crippen LogP contribution is 2.35. The normalized spacial score (nSPS) is 11.3. The van der Waals surface area contributed by atoms with Crippen LogP contribution in [-0.2, 0) is 11.8 Å². The van der Waals surface area contributed by atoms with Crippen LogP contribution in [0.3, 0.4) is 0 Å². The van der Waals surface area contributed by atoms with Crippen LogP contribution >= 0.6 is 0 Å². The Labute approximate surface area is 127 Å². The van der Waals surface area contributed by atoms with E-state index in [9.17, 15) is 0 Å². The van der Waals surface area contributed by atoms with Crippen LogP contribution in [0.4, 0.5) is 0 Å². The molecule has 0 saturated carbocycles. The van der Waals surface area contributed by atoms with E-state index in [1.807, 2.05) is 0 Å². The van der Waals surface area contributed by atoms with Gasteiger partial charge in [-0.15, -0.1) is 0 Å². The lowest BCUT2D eigenvalue weighted by Crippen LogP contribution is -2.26. The second-order valence-corrected chi connectivity index (χ2v) is 5.73. The monoisotopic (exact) mass is 272 g/mol. The second-order valence-electron chi connectivity index (χ2n) is 5.73. The minimum atomic E-state index is -0.0100. The summed E-state index contributed by atoms with van der Waals surface area (Å²) in [4.78, 5) is 0. The van der Waals surface area contributed by atoms with Gasteiger partial charge in [0.1, 0.15) is 0 Å². The number of hydrogen-bond donors (Lipinski definition) is 0. The summed E-state index contributed by atoms with van der Waals surface area (Å²) in [5.74, 6) is 0. The SMILES string of the molecule is CC(Cc1ccccc1)(c1ccccc1)c1ccccc1. The molecule has 0 aromatic heterocycles. The maximum absolute atomic E-state index is 2.34. The molecule has 21 heavy (non-hydrogen) atoms. The molecule has 0 unspecified atom stereocenters. The standard InChI is InChI=1S/C21H20/c1-21(19-13-7-3-8-14-19,20-15-9-4-10-16-20)17-18-11-5-2-6-12-18/h2-16H,17H2,1H3. The van der Waals surface area contributed by atoms with Gasteiger partial charge in [0.2, 0.25) is 0 Å². The van der Waals surface area contributed by atoms with Crippen molar-refractivity contribution in [1.29, 1.82) is 0 Å². The third kappa shape index (κ3) is 2.90. The van der Waals surface area contributed by atoms with E-state index in [1.165, 1.54) is 16.7 Å². The zero-order valence-corrected chi connectivity index (χ0v) is 12.4. The van der Waals surface area contributed by atoms with Crippen molar-refractivity contribution in [2.45, 2.75) is 18.8 Å². The molecular formula is C21H20. The van der Waals surface area contributed by atoms with Crippen molar-refractivity contribution in [1.82, 2.24) is 0 Å². The molecule has 0 atom stereocenters. The smallest absolute Gasteiger partial charge is 0.0215 e. The van der Waals surface area contributed by atoms with Crippen molar-refractivity contribution >= 4 is 0 Å². The van der Waals surface area contributed by atoms with Gasteiger partial charge in [0.25, 0.3) is 0 Å². The Balaban J connectivity index is 2.07. The minimum Gasteiger partial charge on any atom is -0.0622 e. The Bertz CT molecular complexity index is 630. The molecule has 0 aliphatic rings. The average molecular weight is 272 g/mol. The molecule has 3 aromatic carbocycles. The Morgan fingerprint density at radius 2 is 0.952 bits per heavy atom. The van der Waals surface area contributed by atoms with E-state index >= 15 is 0 Å². The predicted molar refractivity (Wildman–Crippen MR) is 89.5 cm³/mol. The first kappa shape index (κ1) is 13.6. The molecule has 0 fully saturated rings. The van der Waals surface area contributed by atoms with Crippen LogP contribution in [0.1, 0.15) is 23.6 Å². The molecule has 0 aliphatic carbocycles. The zero-order valence-electron chi connectivity index (χ0n) is 12.4. The summed E-state index contributed by atoms with van der Waals surface area (Å²) in [7, 11) is 0. The van der Waals surface area contributed by atoms with E-state index in [-0.39, 0.29) is 5.41 Å². The predicted octanol–water partition coefficient (Wildman–Crippen LogP) is 5.24. The van der Waals surface area contributed by atoms with E-state index in [4.69, 9.17) is 0 Å². The van der Waals surface area contributed by atoms with Crippen LogP contribution in [0.15, 0.2) is 91.0 Å². The molecule has 0 amide bonds. The first-order valence-electron chi connectivity index (χ1n) is 7.44. The molecule has 0 N–H and O–H groups in total. The third-order valence-corrected chi connectivity index (χ3v) is 4.22. The fourth-order valence-corrected chi connectivity index (χ4v) is 2.99. The van der Waals surface area contributed by atoms with Crippen LogP contribution in [0.5, 0.6) is 0 Å². The van der Waals surface area contributed by atoms with E-state index < -0.39 is 0 Å². The Morgan fingerprint density at radius 3 is 1.38 bits per heavy atom. The summed E-state index contributed by atoms with van der Waals surface area (Å²) >= 11 is 0. The minimum absolute atomic E-state index is 0.0100. The van der Waals surface area contributed by atoms with E-state index in [0.717, 1.165) is 6.42 Å². The van der Waals surface area contributed by atoms with Gasteiger partial charge in [-0.3, -0.25) is 0 Å². The fraction of sp³-hybridized carbons (Fsp3) is 0.143. The van der Waals surface area contributed by atoms with Crippen LogP contribution in [0.2, 0.25) is 0 Å². The maximum atomic E-state index is 2.34. The van der Waals surface area contributed by atoms with Gasteiger partial charge in [0.15, 0.2) is 0 Å². The van der Waals surface area contributed by atoms with Crippen molar-refractivity contribution in [3.8, 4) is 0 Å². The van der Waals surface area contributed by atoms with Crippen molar-refractivity contribution < 1.29 is 0 Å². The summed E-state index contributed by atoms with van der Waals surface area (Å²) in [5, 5.41) is 0. The van der Waals surface area contributed by atoms with Crippen LogP contribution < -0.4 is 0 Å². The molecule has 0 nitrogen and oxygen atoms in total. The average Bonchev–Trinajstić information content (AvgIpc) is 2.57. The molecule has 0 spiro atoms. The quantitative estimate of drug-likeness (QED) is 0.609. The van der Waals surface area contributed by atoms with E-state index in [1.54, 1.807) is 0 Å². The third-order valence-electron chi connectivity index (χ3n) is 4.22. The van der Waals surface area contributed by atoms with Gasteiger partial charge in [0.05, 0.1) is 0 Å². The topological polar surface area (TPSA) is 0 Å². The highest BCUT2D eigenvalue weighted by atomic mass is 14.3. The van der Waals surface area contributed by atoms with Gasteiger partial charge in [0, 0.05) is 5.41 Å². The Morgan fingerprint density at radius 1 is 0.571 bits per heavy atom. The largest absolute Gasteiger partial charge is 0.0622 e. The van der Waals surface area contributed by atoms with Gasteiger partial charge in [-0.05, 0) is 23.1 Å². The lowest BCUT2D eigenvalue weighted by atomic mass is 9.72. The zero-order chi connectivity index (χ0) is 14.5. The lowest BCUT2D eigenvalue weighted by molar-refractivity contribution is 0.567. The molecule has 104 valence electrons. The maximum Gasteiger partial charge on any atom is 0.0215 e. The summed E-state index contributed by atoms with van der Waals surface area (Å²) in [6, 6.07) is 32.3. The van der Waals surface area contributed by atoms with Gasteiger partial charge in [-0.2, -0.15) is 0 Å². The van der Waals surface area contributed by atoms with Crippen molar-refractivity contribution in [3.05, 3.63) is 108 Å². The summed E-state index contributed by atoms with van der Waals surface area (Å²) in [5.41, 5.74) is 4.08. The summed E-state index contributed by atoms with van der Waals surface area (Å²) < 4.78 is 0. The van der Waals surface area contributed by atoms with Crippen LogP contribution in [-0.4, -0.2) is 0 Å². The molecule has 0 heteroatoms. The summed E-state index contributed by atoms with van der Waals surface area (Å²) in [6.45, 7) is 2.34. The molecule has 3 rings (SSSR count). The van der Waals surface area contributed by atoms with E-state index in [0.29, 0.717) is 0 Å². The molecule has 3 aromatic rings. The molecule has 0 aliphatic heterocycles. The van der Waals surface area contributed by atoms with Crippen LogP contribution in [0, 0.1) is 0 Å². The highest BCUT2D eigenvalue weighted by molar-refractivity contribution is 5.40. The van der Waals surface area contributed by atoms with E-state index in [2.05, 4.69) is 97.9 Å². The Kier molecular flexibility index (Phi) is 3.87. The summed E-state index contributed by atoms with van der Waals surface area (Å²) in [6.07, 6.45) is 1.00. The highest BCUT2D eigenvalue weighted by Gasteiger charge is 2.28. The molecule has 0 bridgehead atoms. The lowest BCUT2D eigenvalue weighted by Gasteiger charge is -2.31. The van der Waals surface area contributed by atoms with Gasteiger partial charge < -0.3 is 0 Å². The molecule has 0 saturated heterocycles. The number of rotatable bonds is 4. The van der Waals surface area contributed by atoms with Gasteiger partial charge in [-0.25, -0.2) is 0 Å². The second kappa shape index (κ2) is 5.97. The van der Waals surface area contributed by atoms with Crippen molar-refractivity contribution in [3.63, 3.8) is 0 Å². The van der Waals surface area contributed by atoms with Crippen molar-refractivity contribution in [2.24, 2.45) is 0 Å². The number of hydrogen-bond acceptors (Lipinski definition) is 0. The van der Waals surface area contributed by atoms with Gasteiger partial charge >= 0.3 is 0 Å².